The standard InChI is InChI=1S/C24H30N2O3S/c27-23(25-19-10-4-5-11-19)22(21-13-7-17-30-21)26(24(28)20-12-6-16-29-20)15-14-18-8-2-1-3-9-18/h6-8,12-13,16-17,19,22H,1-5,9-11,14-15H2,(H,25,27)/t22-/m1/s1. The van der Waals surface area contributed by atoms with Crippen LogP contribution in [0.25, 0.3) is 0 Å². The van der Waals surface area contributed by atoms with Crippen LogP contribution in [0.3, 0.4) is 0 Å². The number of rotatable bonds is 8. The largest absolute Gasteiger partial charge is 0.459 e. The average Bonchev–Trinajstić information content (AvgIpc) is 3.55. The summed E-state index contributed by atoms with van der Waals surface area (Å²) in [6, 6.07) is 6.86. The predicted molar refractivity (Wildman–Crippen MR) is 118 cm³/mol. The zero-order valence-corrected chi connectivity index (χ0v) is 18.2. The van der Waals surface area contributed by atoms with Gasteiger partial charge in [-0.3, -0.25) is 9.59 Å². The zero-order valence-electron chi connectivity index (χ0n) is 17.3. The molecule has 0 spiro atoms. The zero-order chi connectivity index (χ0) is 20.8. The number of furan rings is 1. The van der Waals surface area contributed by atoms with Crippen LogP contribution in [0.2, 0.25) is 0 Å². The molecular formula is C24H30N2O3S. The number of nitrogens with one attached hydrogen (secondary N) is 1. The molecular weight excluding hydrogens is 396 g/mol. The summed E-state index contributed by atoms with van der Waals surface area (Å²) in [5.41, 5.74) is 1.39. The highest BCUT2D eigenvalue weighted by molar-refractivity contribution is 7.10. The maximum atomic E-state index is 13.4. The molecule has 0 aliphatic heterocycles. The third-order valence-corrected chi connectivity index (χ3v) is 7.05. The SMILES string of the molecule is O=C(NC1CCCC1)[C@@H](c1cccs1)N(CCC1=CCCCC1)C(=O)c1ccco1. The number of thiophene rings is 1. The van der Waals surface area contributed by atoms with Gasteiger partial charge in [-0.15, -0.1) is 11.3 Å². The smallest absolute Gasteiger partial charge is 0.290 e. The second-order valence-electron chi connectivity index (χ2n) is 8.24. The second kappa shape index (κ2) is 10.1. The highest BCUT2D eigenvalue weighted by Crippen LogP contribution is 2.30. The predicted octanol–water partition coefficient (Wildman–Crippen LogP) is 5.47. The van der Waals surface area contributed by atoms with E-state index < -0.39 is 6.04 Å². The number of carbonyl (C=O) groups is 2. The van der Waals surface area contributed by atoms with Gasteiger partial charge in [0.2, 0.25) is 5.91 Å². The molecule has 2 heterocycles. The molecule has 4 rings (SSSR count). The van der Waals surface area contributed by atoms with E-state index in [1.165, 1.54) is 36.0 Å². The average molecular weight is 427 g/mol. The van der Waals surface area contributed by atoms with Crippen LogP contribution in [0, 0.1) is 0 Å². The Hall–Kier alpha value is -2.34. The van der Waals surface area contributed by atoms with E-state index in [4.69, 9.17) is 4.42 Å². The number of allylic oxidation sites excluding steroid dienone is 1. The maximum absolute atomic E-state index is 13.4. The van der Waals surface area contributed by atoms with Crippen LogP contribution in [0.1, 0.15) is 79.3 Å². The molecule has 2 aliphatic rings. The fraction of sp³-hybridized carbons (Fsp3) is 0.500. The summed E-state index contributed by atoms with van der Waals surface area (Å²) in [5, 5.41) is 5.18. The van der Waals surface area contributed by atoms with Crippen molar-refractivity contribution in [3.8, 4) is 0 Å². The Balaban J connectivity index is 1.60. The van der Waals surface area contributed by atoms with E-state index in [9.17, 15) is 9.59 Å². The fourth-order valence-corrected chi connectivity index (χ4v) is 5.34. The van der Waals surface area contributed by atoms with E-state index in [1.807, 2.05) is 17.5 Å². The number of hydrogen-bond acceptors (Lipinski definition) is 4. The number of nitrogens with zero attached hydrogens (tertiary/aromatic N) is 1. The fourth-order valence-electron chi connectivity index (χ4n) is 4.51. The van der Waals surface area contributed by atoms with Crippen LogP contribution in [0.4, 0.5) is 0 Å². The summed E-state index contributed by atoms with van der Waals surface area (Å²) in [6.45, 7) is 0.506. The van der Waals surface area contributed by atoms with Gasteiger partial charge in [0.25, 0.3) is 5.91 Å². The molecule has 2 aromatic rings. The van der Waals surface area contributed by atoms with Crippen LogP contribution in [-0.4, -0.2) is 29.3 Å². The topological polar surface area (TPSA) is 62.6 Å². The Kier molecular flexibility index (Phi) is 7.05. The maximum Gasteiger partial charge on any atom is 0.290 e. The van der Waals surface area contributed by atoms with Crippen molar-refractivity contribution in [1.29, 1.82) is 0 Å². The van der Waals surface area contributed by atoms with Crippen LogP contribution in [0.5, 0.6) is 0 Å². The second-order valence-corrected chi connectivity index (χ2v) is 9.22. The van der Waals surface area contributed by atoms with Gasteiger partial charge in [-0.1, -0.05) is 30.6 Å². The summed E-state index contributed by atoms with van der Waals surface area (Å²) < 4.78 is 5.41. The van der Waals surface area contributed by atoms with Gasteiger partial charge < -0.3 is 14.6 Å². The molecule has 0 unspecified atom stereocenters. The first kappa shape index (κ1) is 20.9. The lowest BCUT2D eigenvalue weighted by molar-refractivity contribution is -0.126. The van der Waals surface area contributed by atoms with E-state index in [2.05, 4.69) is 11.4 Å². The van der Waals surface area contributed by atoms with Crippen LogP contribution in [0.15, 0.2) is 52.0 Å². The van der Waals surface area contributed by atoms with Gasteiger partial charge in [-0.05, 0) is 68.5 Å². The Morgan fingerprint density at radius 1 is 1.17 bits per heavy atom. The molecule has 30 heavy (non-hydrogen) atoms. The molecule has 1 N–H and O–H groups in total. The monoisotopic (exact) mass is 426 g/mol. The van der Waals surface area contributed by atoms with Crippen molar-refractivity contribution < 1.29 is 14.0 Å². The number of hydrogen-bond donors (Lipinski definition) is 1. The highest BCUT2D eigenvalue weighted by atomic mass is 32.1. The Morgan fingerprint density at radius 2 is 2.03 bits per heavy atom. The lowest BCUT2D eigenvalue weighted by atomic mass is 9.96. The van der Waals surface area contributed by atoms with Gasteiger partial charge >= 0.3 is 0 Å². The minimum atomic E-state index is -0.632. The van der Waals surface area contributed by atoms with Gasteiger partial charge in [0, 0.05) is 17.5 Å². The first-order chi connectivity index (χ1) is 14.7. The van der Waals surface area contributed by atoms with Crippen molar-refractivity contribution in [3.05, 3.63) is 58.2 Å². The molecule has 6 heteroatoms. The Morgan fingerprint density at radius 3 is 2.70 bits per heavy atom. The number of amides is 2. The molecule has 1 saturated carbocycles. The van der Waals surface area contributed by atoms with Gasteiger partial charge in [0.05, 0.1) is 6.26 Å². The van der Waals surface area contributed by atoms with Gasteiger partial charge in [0.1, 0.15) is 6.04 Å². The van der Waals surface area contributed by atoms with E-state index >= 15 is 0 Å². The van der Waals surface area contributed by atoms with Crippen molar-refractivity contribution in [2.75, 3.05) is 6.54 Å². The van der Waals surface area contributed by atoms with Crippen LogP contribution >= 0.6 is 11.3 Å². The molecule has 0 saturated heterocycles. The lowest BCUT2D eigenvalue weighted by Gasteiger charge is -2.31. The van der Waals surface area contributed by atoms with Crippen LogP contribution < -0.4 is 5.32 Å². The molecule has 1 fully saturated rings. The van der Waals surface area contributed by atoms with Crippen molar-refractivity contribution >= 4 is 23.2 Å². The summed E-state index contributed by atoms with van der Waals surface area (Å²) in [4.78, 5) is 29.4. The molecule has 0 radical (unpaired) electrons. The van der Waals surface area contributed by atoms with Gasteiger partial charge in [-0.2, -0.15) is 0 Å². The normalized spacial score (nSPS) is 18.1. The summed E-state index contributed by atoms with van der Waals surface area (Å²) >= 11 is 1.52. The van der Waals surface area contributed by atoms with Crippen LogP contribution in [-0.2, 0) is 4.79 Å². The third-order valence-electron chi connectivity index (χ3n) is 6.13. The summed E-state index contributed by atoms with van der Waals surface area (Å²) in [5.74, 6) is -0.0268. The molecule has 2 aromatic heterocycles. The van der Waals surface area contributed by atoms with E-state index in [1.54, 1.807) is 17.0 Å². The summed E-state index contributed by atoms with van der Waals surface area (Å²) in [6.07, 6.45) is 13.6. The van der Waals surface area contributed by atoms with E-state index in [0.29, 0.717) is 6.54 Å². The molecule has 5 nitrogen and oxygen atoms in total. The Labute approximate surface area is 182 Å². The minimum absolute atomic E-state index is 0.0816. The van der Waals surface area contributed by atoms with E-state index in [0.717, 1.165) is 49.8 Å². The lowest BCUT2D eigenvalue weighted by Crippen LogP contribution is -2.46. The molecule has 0 aromatic carbocycles. The number of carbonyl (C=O) groups excluding carboxylic acids is 2. The molecule has 1 atom stereocenters. The first-order valence-corrected chi connectivity index (χ1v) is 12.0. The Bertz CT molecular complexity index is 851. The van der Waals surface area contributed by atoms with E-state index in [-0.39, 0.29) is 23.6 Å². The third kappa shape index (κ3) is 5.04. The van der Waals surface area contributed by atoms with Gasteiger partial charge in [-0.25, -0.2) is 0 Å². The minimum Gasteiger partial charge on any atom is -0.459 e. The van der Waals surface area contributed by atoms with Crippen molar-refractivity contribution in [2.24, 2.45) is 0 Å². The van der Waals surface area contributed by atoms with Crippen molar-refractivity contribution in [1.82, 2.24) is 10.2 Å². The first-order valence-electron chi connectivity index (χ1n) is 11.1. The molecule has 2 amide bonds. The van der Waals surface area contributed by atoms with Crippen molar-refractivity contribution in [3.63, 3.8) is 0 Å². The molecule has 2 aliphatic carbocycles. The quantitative estimate of drug-likeness (QED) is 0.569. The highest BCUT2D eigenvalue weighted by Gasteiger charge is 2.35. The molecule has 160 valence electrons. The molecule has 0 bridgehead atoms. The van der Waals surface area contributed by atoms with Gasteiger partial charge in [0.15, 0.2) is 5.76 Å². The summed E-state index contributed by atoms with van der Waals surface area (Å²) in [7, 11) is 0. The van der Waals surface area contributed by atoms with Crippen molar-refractivity contribution in [2.45, 2.75) is 69.9 Å².